The number of carbonyl (C=O) groups is 1. The van der Waals surface area contributed by atoms with Gasteiger partial charge in [-0.2, -0.15) is 5.10 Å². The summed E-state index contributed by atoms with van der Waals surface area (Å²) in [6.07, 6.45) is 1.61. The zero-order valence-corrected chi connectivity index (χ0v) is 17.8. The molecule has 1 heterocycles. The summed E-state index contributed by atoms with van der Waals surface area (Å²) in [5.41, 5.74) is 6.23. The molecule has 4 aromatic rings. The average molecular weight is 425 g/mol. The van der Waals surface area contributed by atoms with E-state index in [0.29, 0.717) is 34.0 Å². The van der Waals surface area contributed by atoms with E-state index in [1.54, 1.807) is 48.7 Å². The normalized spacial score (nSPS) is 11.2. The van der Waals surface area contributed by atoms with Crippen molar-refractivity contribution in [2.75, 3.05) is 5.32 Å². The highest BCUT2D eigenvalue weighted by Gasteiger charge is 2.06. The molecule has 0 radical (unpaired) electrons. The molecule has 0 fully saturated rings. The number of nitrogens with zero attached hydrogens (tertiary/aromatic N) is 2. The molecule has 1 aromatic heterocycles. The number of hydrogen-bond donors (Lipinski definition) is 3. The highest BCUT2D eigenvalue weighted by Crippen LogP contribution is 2.16. The first-order valence-electron chi connectivity index (χ1n) is 10.3. The number of rotatable bonds is 6. The Morgan fingerprint density at radius 1 is 1.00 bits per heavy atom. The molecule has 0 aliphatic rings. The van der Waals surface area contributed by atoms with Gasteiger partial charge >= 0.3 is 0 Å². The molecule has 3 aromatic carbocycles. The fourth-order valence-corrected chi connectivity index (χ4v) is 3.18. The third-order valence-corrected chi connectivity index (χ3v) is 5.01. The summed E-state index contributed by atoms with van der Waals surface area (Å²) in [5.74, 6) is 0.484. The van der Waals surface area contributed by atoms with Gasteiger partial charge in [0.15, 0.2) is 0 Å². The van der Waals surface area contributed by atoms with Crippen LogP contribution in [0.2, 0.25) is 0 Å². The maximum Gasteiger partial charge on any atom is 0.271 e. The number of hydrogen-bond acceptors (Lipinski definition) is 5. The largest absolute Gasteiger partial charge is 0.326 e. The van der Waals surface area contributed by atoms with E-state index in [9.17, 15) is 9.59 Å². The molecule has 160 valence electrons. The van der Waals surface area contributed by atoms with Crippen molar-refractivity contribution in [2.45, 2.75) is 19.8 Å². The molecule has 7 nitrogen and oxygen atoms in total. The molecule has 0 aliphatic heterocycles. The summed E-state index contributed by atoms with van der Waals surface area (Å²) < 4.78 is 0. The third-order valence-electron chi connectivity index (χ3n) is 5.01. The number of aromatic nitrogens is 2. The molecule has 0 saturated heterocycles. The van der Waals surface area contributed by atoms with Crippen molar-refractivity contribution in [1.29, 1.82) is 0 Å². The number of hydrazone groups is 1. The number of fused-ring (bicyclic) bond motifs is 1. The summed E-state index contributed by atoms with van der Waals surface area (Å²) in [5, 5.41) is 7.61. The van der Waals surface area contributed by atoms with Crippen LogP contribution in [0.5, 0.6) is 0 Å². The Kier molecular flexibility index (Phi) is 6.07. The van der Waals surface area contributed by atoms with Crippen LogP contribution in [0.4, 0.5) is 11.6 Å². The maximum atomic E-state index is 12.3. The van der Waals surface area contributed by atoms with Crippen molar-refractivity contribution < 1.29 is 4.79 Å². The Labute approximate surface area is 185 Å². The van der Waals surface area contributed by atoms with Crippen molar-refractivity contribution in [3.8, 4) is 0 Å². The van der Waals surface area contributed by atoms with Crippen LogP contribution in [0.15, 0.2) is 82.7 Å². The molecule has 32 heavy (non-hydrogen) atoms. The van der Waals surface area contributed by atoms with Crippen molar-refractivity contribution in [3.63, 3.8) is 0 Å². The highest BCUT2D eigenvalue weighted by atomic mass is 16.2. The van der Waals surface area contributed by atoms with E-state index in [2.05, 4.69) is 51.8 Å². The number of carbonyl (C=O) groups excluding carboxylic acids is 1. The lowest BCUT2D eigenvalue weighted by Gasteiger charge is -2.07. The first kappa shape index (κ1) is 21.0. The molecule has 0 atom stereocenters. The molecule has 1 amide bonds. The van der Waals surface area contributed by atoms with Crippen LogP contribution in [0, 0.1) is 0 Å². The number of benzene rings is 3. The van der Waals surface area contributed by atoms with Crippen molar-refractivity contribution in [3.05, 3.63) is 99.8 Å². The standard InChI is InChI=1S/C25H23N5O2/c1-16(2)18-9-7-17(8-10-18)15-26-30-23(31)19-11-13-20(14-12-19)27-25-28-22-6-4-3-5-21(22)24(32)29-25/h3-16H,1-2H3,(H,30,31)(H2,27,28,29,32)/b26-15-. The zero-order chi connectivity index (χ0) is 22.5. The van der Waals surface area contributed by atoms with Gasteiger partial charge in [-0.25, -0.2) is 10.4 Å². The first-order valence-corrected chi connectivity index (χ1v) is 10.3. The number of aromatic amines is 1. The van der Waals surface area contributed by atoms with E-state index in [0.717, 1.165) is 5.56 Å². The number of H-pyrrole nitrogens is 1. The molecular formula is C25H23N5O2. The predicted octanol–water partition coefficient (Wildman–Crippen LogP) is 4.55. The minimum Gasteiger partial charge on any atom is -0.326 e. The number of anilines is 2. The van der Waals surface area contributed by atoms with E-state index in [4.69, 9.17) is 0 Å². The number of nitrogens with one attached hydrogen (secondary N) is 3. The molecule has 0 unspecified atom stereocenters. The Morgan fingerprint density at radius 3 is 2.44 bits per heavy atom. The van der Waals surface area contributed by atoms with Gasteiger partial charge in [0.25, 0.3) is 11.5 Å². The molecule has 0 bridgehead atoms. The van der Waals surface area contributed by atoms with Gasteiger partial charge in [0.05, 0.1) is 17.1 Å². The Hall–Kier alpha value is -4.26. The third kappa shape index (κ3) is 4.89. The Bertz CT molecular complexity index is 1320. The topological polar surface area (TPSA) is 99.2 Å². The van der Waals surface area contributed by atoms with Crippen LogP contribution < -0.4 is 16.3 Å². The maximum absolute atomic E-state index is 12.3. The van der Waals surface area contributed by atoms with Gasteiger partial charge in [-0.05, 0) is 53.4 Å². The van der Waals surface area contributed by atoms with E-state index in [1.165, 1.54) is 5.56 Å². The second kappa shape index (κ2) is 9.26. The second-order valence-electron chi connectivity index (χ2n) is 7.65. The first-order chi connectivity index (χ1) is 15.5. The molecule has 7 heteroatoms. The summed E-state index contributed by atoms with van der Waals surface area (Å²) in [7, 11) is 0. The zero-order valence-electron chi connectivity index (χ0n) is 17.8. The van der Waals surface area contributed by atoms with Crippen LogP contribution >= 0.6 is 0 Å². The van der Waals surface area contributed by atoms with Gasteiger partial charge in [-0.3, -0.25) is 14.6 Å². The lowest BCUT2D eigenvalue weighted by molar-refractivity contribution is 0.0955. The highest BCUT2D eigenvalue weighted by molar-refractivity contribution is 5.95. The lowest BCUT2D eigenvalue weighted by atomic mass is 10.0. The molecule has 4 rings (SSSR count). The second-order valence-corrected chi connectivity index (χ2v) is 7.65. The van der Waals surface area contributed by atoms with Crippen LogP contribution in [0.3, 0.4) is 0 Å². The Morgan fingerprint density at radius 2 is 1.72 bits per heavy atom. The van der Waals surface area contributed by atoms with Crippen LogP contribution in [-0.2, 0) is 0 Å². The summed E-state index contributed by atoms with van der Waals surface area (Å²) in [6, 6.07) is 22.0. The molecule has 0 saturated carbocycles. The van der Waals surface area contributed by atoms with Crippen LogP contribution in [0.25, 0.3) is 10.9 Å². The van der Waals surface area contributed by atoms with E-state index < -0.39 is 0 Å². The van der Waals surface area contributed by atoms with Crippen molar-refractivity contribution >= 4 is 34.7 Å². The molecular weight excluding hydrogens is 402 g/mol. The lowest BCUT2D eigenvalue weighted by Crippen LogP contribution is -2.17. The average Bonchev–Trinajstić information content (AvgIpc) is 2.80. The minimum atomic E-state index is -0.316. The smallest absolute Gasteiger partial charge is 0.271 e. The van der Waals surface area contributed by atoms with Gasteiger partial charge in [0.1, 0.15) is 0 Å². The summed E-state index contributed by atoms with van der Waals surface area (Å²) in [4.78, 5) is 31.6. The predicted molar refractivity (Wildman–Crippen MR) is 128 cm³/mol. The van der Waals surface area contributed by atoms with E-state index in [1.807, 2.05) is 18.2 Å². The summed E-state index contributed by atoms with van der Waals surface area (Å²) in [6.45, 7) is 4.28. The monoisotopic (exact) mass is 425 g/mol. The van der Waals surface area contributed by atoms with Gasteiger partial charge in [0.2, 0.25) is 5.95 Å². The van der Waals surface area contributed by atoms with E-state index >= 15 is 0 Å². The van der Waals surface area contributed by atoms with Crippen LogP contribution in [-0.4, -0.2) is 22.1 Å². The molecule has 0 spiro atoms. The van der Waals surface area contributed by atoms with Gasteiger partial charge in [0, 0.05) is 11.3 Å². The quantitative estimate of drug-likeness (QED) is 0.312. The van der Waals surface area contributed by atoms with Crippen molar-refractivity contribution in [2.24, 2.45) is 5.10 Å². The minimum absolute atomic E-state index is 0.217. The van der Waals surface area contributed by atoms with Crippen molar-refractivity contribution in [1.82, 2.24) is 15.4 Å². The van der Waals surface area contributed by atoms with Gasteiger partial charge in [-0.1, -0.05) is 50.2 Å². The van der Waals surface area contributed by atoms with Gasteiger partial charge < -0.3 is 5.32 Å². The van der Waals surface area contributed by atoms with Gasteiger partial charge in [-0.15, -0.1) is 0 Å². The fourth-order valence-electron chi connectivity index (χ4n) is 3.18. The van der Waals surface area contributed by atoms with E-state index in [-0.39, 0.29) is 11.5 Å². The summed E-state index contributed by atoms with van der Waals surface area (Å²) >= 11 is 0. The van der Waals surface area contributed by atoms with Crippen LogP contribution in [0.1, 0.15) is 41.3 Å². The Balaban J connectivity index is 1.39. The molecule has 3 N–H and O–H groups in total. The number of amides is 1. The molecule has 0 aliphatic carbocycles. The number of para-hydroxylation sites is 1. The SMILES string of the molecule is CC(C)c1ccc(/C=N\NC(=O)c2ccc(Nc3nc4ccccc4c(=O)[nH]3)cc2)cc1. The fraction of sp³-hybridized carbons (Fsp3) is 0.120.